The summed E-state index contributed by atoms with van der Waals surface area (Å²) in [6.07, 6.45) is 1.56. The molecule has 1 heterocycles. The maximum Gasteiger partial charge on any atom is 0.319 e. The van der Waals surface area contributed by atoms with E-state index in [1.807, 2.05) is 0 Å². The lowest BCUT2D eigenvalue weighted by molar-refractivity contribution is -0.145. The first-order valence-corrected chi connectivity index (χ1v) is 6.48. The standard InChI is InChI=1S/C11H15N3O5S/c1-18-9(16)6-14(7-10(17)19-2)5-8(15)13-11-12-3-4-20-11/h3-4H,5-7H2,1-2H3,(H,12,13,15). The molecule has 0 atom stereocenters. The van der Waals surface area contributed by atoms with Gasteiger partial charge in [0.25, 0.3) is 0 Å². The molecule has 0 aromatic carbocycles. The highest BCUT2D eigenvalue weighted by Gasteiger charge is 2.18. The Bertz CT molecular complexity index is 445. The molecule has 0 spiro atoms. The fourth-order valence-corrected chi connectivity index (χ4v) is 1.85. The first-order valence-electron chi connectivity index (χ1n) is 5.60. The number of amides is 1. The number of carbonyl (C=O) groups is 3. The Hall–Kier alpha value is -2.00. The van der Waals surface area contributed by atoms with Gasteiger partial charge in [0.15, 0.2) is 5.13 Å². The fourth-order valence-electron chi connectivity index (χ4n) is 1.31. The third kappa shape index (κ3) is 5.76. The van der Waals surface area contributed by atoms with E-state index < -0.39 is 11.9 Å². The summed E-state index contributed by atoms with van der Waals surface area (Å²) in [7, 11) is 2.46. The Kier molecular flexibility index (Phi) is 6.60. The molecule has 0 radical (unpaired) electrons. The van der Waals surface area contributed by atoms with E-state index in [2.05, 4.69) is 19.8 Å². The summed E-state index contributed by atoms with van der Waals surface area (Å²) in [6, 6.07) is 0. The molecule has 0 aliphatic carbocycles. The van der Waals surface area contributed by atoms with E-state index in [-0.39, 0.29) is 25.5 Å². The summed E-state index contributed by atoms with van der Waals surface area (Å²) in [5.41, 5.74) is 0. The van der Waals surface area contributed by atoms with Gasteiger partial charge in [-0.25, -0.2) is 4.98 Å². The van der Waals surface area contributed by atoms with Crippen LogP contribution in [0.1, 0.15) is 0 Å². The highest BCUT2D eigenvalue weighted by atomic mass is 32.1. The van der Waals surface area contributed by atoms with Crippen molar-refractivity contribution >= 4 is 34.3 Å². The van der Waals surface area contributed by atoms with E-state index in [0.717, 1.165) is 0 Å². The molecule has 0 saturated heterocycles. The summed E-state index contributed by atoms with van der Waals surface area (Å²) >= 11 is 1.27. The van der Waals surface area contributed by atoms with Gasteiger partial charge in [-0.15, -0.1) is 11.3 Å². The zero-order valence-corrected chi connectivity index (χ0v) is 11.9. The van der Waals surface area contributed by atoms with Crippen molar-refractivity contribution in [1.82, 2.24) is 9.88 Å². The van der Waals surface area contributed by atoms with Crippen molar-refractivity contribution in [3.05, 3.63) is 11.6 Å². The van der Waals surface area contributed by atoms with E-state index in [4.69, 9.17) is 0 Å². The van der Waals surface area contributed by atoms with Gasteiger partial charge in [-0.05, 0) is 0 Å². The van der Waals surface area contributed by atoms with Crippen LogP contribution in [-0.2, 0) is 23.9 Å². The molecule has 0 aliphatic heterocycles. The molecule has 0 bridgehead atoms. The van der Waals surface area contributed by atoms with Gasteiger partial charge in [0.2, 0.25) is 5.91 Å². The van der Waals surface area contributed by atoms with Crippen LogP contribution in [0.4, 0.5) is 5.13 Å². The largest absolute Gasteiger partial charge is 0.468 e. The first kappa shape index (κ1) is 16.1. The molecule has 1 N–H and O–H groups in total. The van der Waals surface area contributed by atoms with Crippen molar-refractivity contribution in [2.45, 2.75) is 0 Å². The second kappa shape index (κ2) is 8.23. The smallest absolute Gasteiger partial charge is 0.319 e. The fraction of sp³-hybridized carbons (Fsp3) is 0.455. The number of rotatable bonds is 7. The van der Waals surface area contributed by atoms with Crippen molar-refractivity contribution < 1.29 is 23.9 Å². The average Bonchev–Trinajstić information content (AvgIpc) is 2.90. The molecule has 1 aromatic heterocycles. The number of aromatic nitrogens is 1. The van der Waals surface area contributed by atoms with Gasteiger partial charge in [0.1, 0.15) is 0 Å². The molecule has 110 valence electrons. The van der Waals surface area contributed by atoms with E-state index in [9.17, 15) is 14.4 Å². The summed E-state index contributed by atoms with van der Waals surface area (Å²) < 4.78 is 9.02. The van der Waals surface area contributed by atoms with Crippen LogP contribution in [0, 0.1) is 0 Å². The van der Waals surface area contributed by atoms with Crippen LogP contribution >= 0.6 is 11.3 Å². The van der Waals surface area contributed by atoms with Crippen LogP contribution in [0.5, 0.6) is 0 Å². The van der Waals surface area contributed by atoms with Gasteiger partial charge < -0.3 is 14.8 Å². The predicted octanol–water partition coefficient (Wildman–Crippen LogP) is -0.270. The second-order valence-corrected chi connectivity index (χ2v) is 4.58. The van der Waals surface area contributed by atoms with Crippen molar-refractivity contribution in [2.24, 2.45) is 0 Å². The Morgan fingerprint density at radius 1 is 1.20 bits per heavy atom. The predicted molar refractivity (Wildman–Crippen MR) is 71.2 cm³/mol. The van der Waals surface area contributed by atoms with Crippen LogP contribution in [0.25, 0.3) is 0 Å². The number of methoxy groups -OCH3 is 2. The third-order valence-corrected chi connectivity index (χ3v) is 2.90. The molecule has 9 heteroatoms. The van der Waals surface area contributed by atoms with Crippen LogP contribution in [0.15, 0.2) is 11.6 Å². The average molecular weight is 301 g/mol. The number of nitrogens with zero attached hydrogens (tertiary/aromatic N) is 2. The minimum absolute atomic E-state index is 0.149. The lowest BCUT2D eigenvalue weighted by Gasteiger charge is -2.18. The highest BCUT2D eigenvalue weighted by molar-refractivity contribution is 7.13. The van der Waals surface area contributed by atoms with E-state index >= 15 is 0 Å². The molecule has 1 aromatic rings. The molecular weight excluding hydrogens is 286 g/mol. The first-order chi connectivity index (χ1) is 9.55. The molecule has 0 unspecified atom stereocenters. The lowest BCUT2D eigenvalue weighted by Crippen LogP contribution is -2.40. The Balaban J connectivity index is 2.55. The van der Waals surface area contributed by atoms with E-state index in [1.54, 1.807) is 11.6 Å². The minimum atomic E-state index is -0.545. The molecule has 20 heavy (non-hydrogen) atoms. The number of anilines is 1. The Labute approximate surface area is 119 Å². The minimum Gasteiger partial charge on any atom is -0.468 e. The summed E-state index contributed by atoms with van der Waals surface area (Å²) in [5, 5.41) is 4.73. The van der Waals surface area contributed by atoms with Crippen LogP contribution in [0.3, 0.4) is 0 Å². The Morgan fingerprint density at radius 3 is 2.25 bits per heavy atom. The molecule has 1 amide bonds. The topological polar surface area (TPSA) is 97.8 Å². The van der Waals surface area contributed by atoms with Gasteiger partial charge in [-0.1, -0.05) is 0 Å². The summed E-state index contributed by atoms with van der Waals surface area (Å²) in [6.45, 7) is -0.516. The number of esters is 2. The van der Waals surface area contributed by atoms with Gasteiger partial charge in [-0.2, -0.15) is 0 Å². The number of nitrogens with one attached hydrogen (secondary N) is 1. The second-order valence-electron chi connectivity index (χ2n) is 3.68. The lowest BCUT2D eigenvalue weighted by atomic mass is 10.4. The SMILES string of the molecule is COC(=O)CN(CC(=O)Nc1nccs1)CC(=O)OC. The van der Waals surface area contributed by atoms with E-state index in [0.29, 0.717) is 5.13 Å². The Morgan fingerprint density at radius 2 is 1.80 bits per heavy atom. The van der Waals surface area contributed by atoms with Gasteiger partial charge in [0, 0.05) is 11.6 Å². The maximum atomic E-state index is 11.8. The normalized spacial score (nSPS) is 10.2. The zero-order chi connectivity index (χ0) is 15.0. The van der Waals surface area contributed by atoms with Crippen molar-refractivity contribution in [1.29, 1.82) is 0 Å². The quantitative estimate of drug-likeness (QED) is 0.692. The van der Waals surface area contributed by atoms with Crippen molar-refractivity contribution in [3.63, 3.8) is 0 Å². The number of hydrogen-bond acceptors (Lipinski definition) is 8. The summed E-state index contributed by atoms with van der Waals surface area (Å²) in [5.74, 6) is -1.47. The van der Waals surface area contributed by atoms with Crippen molar-refractivity contribution in [2.75, 3.05) is 39.2 Å². The van der Waals surface area contributed by atoms with Crippen LogP contribution in [-0.4, -0.2) is 61.6 Å². The van der Waals surface area contributed by atoms with Gasteiger partial charge in [0.05, 0.1) is 33.9 Å². The van der Waals surface area contributed by atoms with Crippen molar-refractivity contribution in [3.8, 4) is 0 Å². The van der Waals surface area contributed by atoms with Gasteiger partial charge >= 0.3 is 11.9 Å². The van der Waals surface area contributed by atoms with Crippen LogP contribution in [0.2, 0.25) is 0 Å². The monoisotopic (exact) mass is 301 g/mol. The molecular formula is C11H15N3O5S. The van der Waals surface area contributed by atoms with E-state index in [1.165, 1.54) is 30.5 Å². The molecule has 1 rings (SSSR count). The maximum absolute atomic E-state index is 11.8. The number of ether oxygens (including phenoxy) is 2. The summed E-state index contributed by atoms with van der Waals surface area (Å²) in [4.78, 5) is 39.5. The molecule has 0 aliphatic rings. The number of thiazole rings is 1. The molecule has 0 saturated carbocycles. The third-order valence-electron chi connectivity index (χ3n) is 2.21. The van der Waals surface area contributed by atoms with Crippen LogP contribution < -0.4 is 5.32 Å². The van der Waals surface area contributed by atoms with Gasteiger partial charge in [-0.3, -0.25) is 19.3 Å². The number of carbonyl (C=O) groups excluding carboxylic acids is 3. The molecule has 0 fully saturated rings. The molecule has 8 nitrogen and oxygen atoms in total. The zero-order valence-electron chi connectivity index (χ0n) is 11.1. The number of hydrogen-bond donors (Lipinski definition) is 1. The highest BCUT2D eigenvalue weighted by Crippen LogP contribution is 2.09.